The standard InChI is InChI=1S/C26H26Cl2F3N3O3S/c27-18-8-4-16(5-9-18)24(17-6-10-19(28)11-7-17)33-22-2-1-3-23(25(22)35)34-38(32,36)21-14-12-20(13-15-21)37-26(29,30)31/h4-15,22-25,33,35H,1-3H2,(H2,32,34,36). The van der Waals surface area contributed by atoms with E-state index in [1.165, 1.54) is 0 Å². The van der Waals surface area contributed by atoms with Crippen LogP contribution < -0.4 is 14.8 Å². The molecule has 0 spiro atoms. The number of nitrogens with one attached hydrogen (secondary N) is 3. The highest BCUT2D eigenvalue weighted by Crippen LogP contribution is 2.30. The molecule has 1 saturated carbocycles. The molecule has 12 heteroatoms. The lowest BCUT2D eigenvalue weighted by atomic mass is 9.87. The van der Waals surface area contributed by atoms with Gasteiger partial charge in [-0.05, 0) is 72.5 Å². The number of halogens is 5. The Kier molecular flexibility index (Phi) is 8.91. The third-order valence-electron chi connectivity index (χ3n) is 6.35. The molecule has 0 heterocycles. The Labute approximate surface area is 229 Å². The molecule has 6 nitrogen and oxygen atoms in total. The number of alkyl halides is 3. The van der Waals surface area contributed by atoms with Crippen molar-refractivity contribution in [1.29, 1.82) is 4.78 Å². The molecule has 4 unspecified atom stereocenters. The molecular formula is C26H26Cl2F3N3O3S. The maximum atomic E-state index is 13.2. The number of benzene rings is 3. The van der Waals surface area contributed by atoms with E-state index in [9.17, 15) is 22.5 Å². The van der Waals surface area contributed by atoms with Crippen molar-refractivity contribution in [3.05, 3.63) is 94.0 Å². The Morgan fingerprint density at radius 3 is 1.89 bits per heavy atom. The van der Waals surface area contributed by atoms with Crippen molar-refractivity contribution in [2.45, 2.75) is 54.7 Å². The molecule has 0 radical (unpaired) electrons. The lowest BCUT2D eigenvalue weighted by molar-refractivity contribution is -0.274. The van der Waals surface area contributed by atoms with Gasteiger partial charge in [-0.3, -0.25) is 0 Å². The molecule has 0 aliphatic heterocycles. The van der Waals surface area contributed by atoms with Crippen molar-refractivity contribution in [2.75, 3.05) is 0 Å². The molecule has 0 saturated heterocycles. The number of hydrogen-bond acceptors (Lipinski definition) is 5. The van der Waals surface area contributed by atoms with Crippen LogP contribution in [0.3, 0.4) is 0 Å². The Bertz CT molecular complexity index is 1280. The maximum Gasteiger partial charge on any atom is 0.573 e. The van der Waals surface area contributed by atoms with Gasteiger partial charge in [0.05, 0.1) is 17.0 Å². The summed E-state index contributed by atoms with van der Waals surface area (Å²) in [5.41, 5.74) is 1.84. The Hall–Kier alpha value is -2.34. The molecule has 204 valence electrons. The highest BCUT2D eigenvalue weighted by molar-refractivity contribution is 7.90. The third kappa shape index (κ3) is 7.40. The van der Waals surface area contributed by atoms with E-state index >= 15 is 0 Å². The third-order valence-corrected chi connectivity index (χ3v) is 8.42. The van der Waals surface area contributed by atoms with Crippen molar-refractivity contribution in [2.24, 2.45) is 0 Å². The number of aliphatic hydroxyl groups excluding tert-OH is 1. The average molecular weight is 588 g/mol. The van der Waals surface area contributed by atoms with Gasteiger partial charge in [0.2, 0.25) is 0 Å². The van der Waals surface area contributed by atoms with Crippen molar-refractivity contribution in [3.63, 3.8) is 0 Å². The topological polar surface area (TPSA) is 94.4 Å². The first-order valence-electron chi connectivity index (χ1n) is 11.8. The first-order chi connectivity index (χ1) is 17.9. The summed E-state index contributed by atoms with van der Waals surface area (Å²) in [6, 6.07) is 17.6. The van der Waals surface area contributed by atoms with E-state index in [-0.39, 0.29) is 10.9 Å². The largest absolute Gasteiger partial charge is 0.573 e. The molecular weight excluding hydrogens is 562 g/mol. The fraction of sp³-hybridized carbons (Fsp3) is 0.308. The quantitative estimate of drug-likeness (QED) is 0.243. The predicted molar refractivity (Wildman–Crippen MR) is 141 cm³/mol. The lowest BCUT2D eigenvalue weighted by Crippen LogP contribution is -2.55. The van der Waals surface area contributed by atoms with Crippen molar-refractivity contribution in [3.8, 4) is 5.75 Å². The van der Waals surface area contributed by atoms with Crippen LogP contribution in [0.25, 0.3) is 0 Å². The summed E-state index contributed by atoms with van der Waals surface area (Å²) in [5, 5.41) is 15.9. The maximum absolute atomic E-state index is 13.2. The Morgan fingerprint density at radius 1 is 0.895 bits per heavy atom. The van der Waals surface area contributed by atoms with E-state index < -0.39 is 40.2 Å². The van der Waals surface area contributed by atoms with Crippen LogP contribution in [-0.4, -0.2) is 33.9 Å². The second-order valence-corrected chi connectivity index (χ2v) is 11.7. The highest BCUT2D eigenvalue weighted by Gasteiger charge is 2.36. The first kappa shape index (κ1) is 28.7. The predicted octanol–water partition coefficient (Wildman–Crippen LogP) is 6.46. The molecule has 0 aromatic heterocycles. The summed E-state index contributed by atoms with van der Waals surface area (Å²) in [6.07, 6.45) is -4.05. The molecule has 3 aromatic rings. The smallest absolute Gasteiger partial charge is 0.406 e. The summed E-state index contributed by atoms with van der Waals surface area (Å²) in [6.45, 7) is 0. The van der Waals surface area contributed by atoms with E-state index in [2.05, 4.69) is 14.8 Å². The van der Waals surface area contributed by atoms with Gasteiger partial charge in [-0.2, -0.15) is 0 Å². The van der Waals surface area contributed by atoms with Gasteiger partial charge >= 0.3 is 6.36 Å². The summed E-state index contributed by atoms with van der Waals surface area (Å²) in [5.74, 6) is -0.478. The number of rotatable bonds is 8. The van der Waals surface area contributed by atoms with Crippen LogP contribution in [0, 0.1) is 4.78 Å². The van der Waals surface area contributed by atoms with Crippen LogP contribution in [0.4, 0.5) is 13.2 Å². The molecule has 0 bridgehead atoms. The van der Waals surface area contributed by atoms with Gasteiger partial charge in [-0.1, -0.05) is 53.9 Å². The number of aliphatic hydroxyl groups is 1. The minimum absolute atomic E-state index is 0.0190. The molecule has 1 aliphatic rings. The van der Waals surface area contributed by atoms with Crippen LogP contribution >= 0.6 is 23.2 Å². The number of ether oxygens (including phenoxy) is 1. The zero-order valence-electron chi connectivity index (χ0n) is 19.9. The summed E-state index contributed by atoms with van der Waals surface area (Å²) >= 11 is 12.2. The van der Waals surface area contributed by atoms with E-state index in [4.69, 9.17) is 28.0 Å². The van der Waals surface area contributed by atoms with Crippen LogP contribution in [-0.2, 0) is 9.92 Å². The van der Waals surface area contributed by atoms with Gasteiger partial charge < -0.3 is 15.2 Å². The van der Waals surface area contributed by atoms with Crippen LogP contribution in [0.15, 0.2) is 77.7 Å². The highest BCUT2D eigenvalue weighted by atomic mass is 35.5. The molecule has 4 N–H and O–H groups in total. The molecule has 1 aliphatic carbocycles. The average Bonchev–Trinajstić information content (AvgIpc) is 2.85. The zero-order chi connectivity index (χ0) is 27.5. The second kappa shape index (κ2) is 11.8. The van der Waals surface area contributed by atoms with E-state index in [1.54, 1.807) is 24.3 Å². The second-order valence-electron chi connectivity index (χ2n) is 9.03. The zero-order valence-corrected chi connectivity index (χ0v) is 22.2. The Balaban J connectivity index is 1.50. The van der Waals surface area contributed by atoms with Crippen molar-refractivity contribution < 1.29 is 27.2 Å². The molecule has 1 fully saturated rings. The Morgan fingerprint density at radius 2 is 1.39 bits per heavy atom. The van der Waals surface area contributed by atoms with Gasteiger partial charge in [0.25, 0.3) is 0 Å². The monoisotopic (exact) mass is 587 g/mol. The first-order valence-corrected chi connectivity index (χ1v) is 14.1. The molecule has 4 rings (SSSR count). The van der Waals surface area contributed by atoms with Gasteiger partial charge in [0.1, 0.15) is 15.7 Å². The van der Waals surface area contributed by atoms with E-state index in [0.717, 1.165) is 35.4 Å². The van der Waals surface area contributed by atoms with E-state index in [0.29, 0.717) is 29.3 Å². The fourth-order valence-corrected chi connectivity index (χ4v) is 6.10. The summed E-state index contributed by atoms with van der Waals surface area (Å²) in [4.78, 5) is -0.0190. The van der Waals surface area contributed by atoms with Crippen LogP contribution in [0.5, 0.6) is 5.75 Å². The molecule has 38 heavy (non-hydrogen) atoms. The SMILES string of the molecule is N=S(=O)(NC1CCCC(NC(c2ccc(Cl)cc2)c2ccc(Cl)cc2)C1O)c1ccc(OC(F)(F)F)cc1. The summed E-state index contributed by atoms with van der Waals surface area (Å²) < 4.78 is 65.4. The van der Waals surface area contributed by atoms with Crippen LogP contribution in [0.2, 0.25) is 10.0 Å². The molecule has 4 atom stereocenters. The van der Waals surface area contributed by atoms with Gasteiger partial charge in [0, 0.05) is 22.1 Å². The fourth-order valence-electron chi connectivity index (χ4n) is 4.51. The minimum Gasteiger partial charge on any atom is -0.406 e. The van der Waals surface area contributed by atoms with Crippen LogP contribution in [0.1, 0.15) is 36.4 Å². The van der Waals surface area contributed by atoms with E-state index in [1.807, 2.05) is 24.3 Å². The molecule has 3 aromatic carbocycles. The minimum atomic E-state index is -4.85. The summed E-state index contributed by atoms with van der Waals surface area (Å²) in [7, 11) is -3.62. The van der Waals surface area contributed by atoms with Crippen molar-refractivity contribution in [1.82, 2.24) is 10.0 Å². The lowest BCUT2D eigenvalue weighted by Gasteiger charge is -2.38. The number of hydrogen-bond donors (Lipinski definition) is 4. The van der Waals surface area contributed by atoms with Gasteiger partial charge in [-0.15, -0.1) is 13.2 Å². The van der Waals surface area contributed by atoms with Crippen molar-refractivity contribution >= 4 is 33.1 Å². The normalized spacial score (nSPS) is 21.7. The van der Waals surface area contributed by atoms with Gasteiger partial charge in [0.15, 0.2) is 0 Å². The van der Waals surface area contributed by atoms with Gasteiger partial charge in [-0.25, -0.2) is 13.7 Å². The molecule has 0 amide bonds.